The minimum Gasteiger partial charge on any atom is -0.334 e. The molecule has 3 aromatic carbocycles. The Kier molecular flexibility index (Phi) is 7.33. The van der Waals surface area contributed by atoms with Crippen LogP contribution in [0.3, 0.4) is 0 Å². The molecule has 42 heavy (non-hydrogen) atoms. The van der Waals surface area contributed by atoms with Crippen LogP contribution in [0.25, 0.3) is 0 Å². The van der Waals surface area contributed by atoms with E-state index in [0.717, 1.165) is 5.56 Å². The van der Waals surface area contributed by atoms with E-state index in [9.17, 15) is 35.9 Å². The number of hydrogen-bond donors (Lipinski definition) is 2. The highest BCUT2D eigenvalue weighted by Gasteiger charge is 2.65. The average Bonchev–Trinajstić information content (AvgIpc) is 3.86. The van der Waals surface area contributed by atoms with Crippen LogP contribution < -0.4 is 10.6 Å². The van der Waals surface area contributed by atoms with Crippen LogP contribution in [0.5, 0.6) is 0 Å². The van der Waals surface area contributed by atoms with Gasteiger partial charge in [-0.25, -0.2) is 4.79 Å². The Morgan fingerprint density at radius 2 is 1.10 bits per heavy atom. The molecule has 0 saturated carbocycles. The number of Topliss-reactive ketones (excluding diaryl/α,β-unsaturated/α-hetero) is 1. The Morgan fingerprint density at radius 3 is 1.55 bits per heavy atom. The molecule has 5 rings (SSSR count). The molecule has 0 spiro atoms. The normalized spacial score (nSPS) is 16.1. The van der Waals surface area contributed by atoms with Crippen molar-refractivity contribution in [1.29, 1.82) is 0 Å². The lowest BCUT2D eigenvalue weighted by Gasteiger charge is -2.15. The van der Waals surface area contributed by atoms with Crippen LogP contribution in [0.4, 0.5) is 36.8 Å². The summed E-state index contributed by atoms with van der Waals surface area (Å²) < 4.78 is 78.6. The third-order valence-corrected chi connectivity index (χ3v) is 6.86. The van der Waals surface area contributed by atoms with Crippen molar-refractivity contribution >= 4 is 17.5 Å². The van der Waals surface area contributed by atoms with E-state index in [1.807, 2.05) is 0 Å². The van der Waals surface area contributed by atoms with Gasteiger partial charge < -0.3 is 10.6 Å². The standard InChI is InChI=1S/C28H22F6N6O2/c29-27(30,31)25(37-38-25)20-8-1-17(2-9-20)7-14-23(41)15-18-5-12-22(13-6-18)36-24(42)35-16-19-3-10-21(11-4-19)26(39-40-26)28(32,33)34/h1-6,8-13H,7,14-16H2,(H2,35,36,42). The molecule has 0 fully saturated rings. The molecule has 0 unspecified atom stereocenters. The predicted octanol–water partition coefficient (Wildman–Crippen LogP) is 7.11. The summed E-state index contributed by atoms with van der Waals surface area (Å²) in [6, 6.07) is 17.2. The molecule has 3 aromatic rings. The van der Waals surface area contributed by atoms with Crippen molar-refractivity contribution in [1.82, 2.24) is 5.32 Å². The zero-order valence-electron chi connectivity index (χ0n) is 21.6. The molecule has 2 aliphatic rings. The van der Waals surface area contributed by atoms with Crippen molar-refractivity contribution in [2.45, 2.75) is 49.5 Å². The van der Waals surface area contributed by atoms with Gasteiger partial charge in [0.05, 0.1) is 0 Å². The zero-order chi connectivity index (χ0) is 30.2. The number of nitrogens with zero attached hydrogens (tertiary/aromatic N) is 4. The number of halogens is 6. The van der Waals surface area contributed by atoms with Crippen LogP contribution in [0.1, 0.15) is 34.2 Å². The van der Waals surface area contributed by atoms with Gasteiger partial charge in [0.15, 0.2) is 0 Å². The van der Waals surface area contributed by atoms with Crippen molar-refractivity contribution in [3.8, 4) is 0 Å². The molecule has 0 saturated heterocycles. The first-order valence-corrected chi connectivity index (χ1v) is 12.7. The Labute approximate surface area is 234 Å². The van der Waals surface area contributed by atoms with Crippen molar-refractivity contribution in [2.24, 2.45) is 20.5 Å². The summed E-state index contributed by atoms with van der Waals surface area (Å²) in [7, 11) is 0. The van der Waals surface area contributed by atoms with Crippen molar-refractivity contribution in [3.05, 3.63) is 101 Å². The Balaban J connectivity index is 1.04. The highest BCUT2D eigenvalue weighted by molar-refractivity contribution is 5.89. The lowest BCUT2D eigenvalue weighted by Crippen LogP contribution is -2.30. The topological polar surface area (TPSA) is 108 Å². The van der Waals surface area contributed by atoms with Crippen LogP contribution in [0, 0.1) is 0 Å². The molecular weight excluding hydrogens is 566 g/mol. The minimum absolute atomic E-state index is 0.0623. The first kappa shape index (κ1) is 28.9. The number of alkyl halides is 6. The molecule has 218 valence electrons. The number of amides is 2. The molecule has 0 aliphatic carbocycles. The van der Waals surface area contributed by atoms with Gasteiger partial charge in [-0.1, -0.05) is 60.7 Å². The lowest BCUT2D eigenvalue weighted by molar-refractivity contribution is -0.166. The zero-order valence-corrected chi connectivity index (χ0v) is 21.6. The summed E-state index contributed by atoms with van der Waals surface area (Å²) in [5.41, 5.74) is -2.64. The van der Waals surface area contributed by atoms with Gasteiger partial charge in [0.1, 0.15) is 5.78 Å². The number of anilines is 1. The lowest BCUT2D eigenvalue weighted by atomic mass is 9.98. The number of carbonyl (C=O) groups is 2. The van der Waals surface area contributed by atoms with Gasteiger partial charge in [-0.2, -0.15) is 26.3 Å². The van der Waals surface area contributed by atoms with Gasteiger partial charge in [-0.15, -0.1) is 20.5 Å². The minimum atomic E-state index is -4.61. The van der Waals surface area contributed by atoms with Crippen LogP contribution in [0.15, 0.2) is 93.3 Å². The summed E-state index contributed by atoms with van der Waals surface area (Å²) >= 11 is 0. The molecule has 2 aliphatic heterocycles. The van der Waals surface area contributed by atoms with Crippen molar-refractivity contribution in [2.75, 3.05) is 5.32 Å². The van der Waals surface area contributed by atoms with E-state index in [4.69, 9.17) is 0 Å². The van der Waals surface area contributed by atoms with E-state index < -0.39 is 29.7 Å². The van der Waals surface area contributed by atoms with E-state index in [-0.39, 0.29) is 36.3 Å². The monoisotopic (exact) mass is 588 g/mol. The third kappa shape index (κ3) is 6.02. The number of benzene rings is 3. The fourth-order valence-electron chi connectivity index (χ4n) is 4.31. The van der Waals surface area contributed by atoms with Crippen molar-refractivity contribution < 1.29 is 35.9 Å². The van der Waals surface area contributed by atoms with Crippen LogP contribution >= 0.6 is 0 Å². The summed E-state index contributed by atoms with van der Waals surface area (Å²) in [6.07, 6.45) is -8.50. The number of rotatable bonds is 10. The molecule has 2 N–H and O–H groups in total. The largest absolute Gasteiger partial charge is 0.442 e. The Hall–Kier alpha value is -4.62. The first-order chi connectivity index (χ1) is 19.8. The highest BCUT2D eigenvalue weighted by Crippen LogP contribution is 2.53. The average molecular weight is 589 g/mol. The molecule has 2 heterocycles. The summed E-state index contributed by atoms with van der Waals surface area (Å²) in [5.74, 6) is -0.0623. The summed E-state index contributed by atoms with van der Waals surface area (Å²) in [5, 5.41) is 17.9. The quantitative estimate of drug-likeness (QED) is 0.246. The molecule has 0 atom stereocenters. The molecule has 8 nitrogen and oxygen atoms in total. The molecule has 0 bridgehead atoms. The van der Waals surface area contributed by atoms with E-state index in [1.165, 1.54) is 48.5 Å². The Bertz CT molecular complexity index is 1400. The smallest absolute Gasteiger partial charge is 0.334 e. The number of carbonyl (C=O) groups excluding carboxylic acids is 2. The van der Waals surface area contributed by atoms with Crippen LogP contribution in [-0.2, 0) is 35.5 Å². The second-order valence-corrected chi connectivity index (χ2v) is 9.85. The van der Waals surface area contributed by atoms with Gasteiger partial charge in [0.25, 0.3) is 0 Å². The van der Waals surface area contributed by atoms with E-state index in [0.29, 0.717) is 23.2 Å². The number of hydrogen-bond acceptors (Lipinski definition) is 6. The molecular formula is C28H22F6N6O2. The highest BCUT2D eigenvalue weighted by atomic mass is 19.4. The number of urea groups is 1. The molecule has 14 heteroatoms. The van der Waals surface area contributed by atoms with E-state index in [1.54, 1.807) is 24.3 Å². The fourth-order valence-corrected chi connectivity index (χ4v) is 4.31. The maximum atomic E-state index is 13.1. The Morgan fingerprint density at radius 1 is 0.643 bits per heavy atom. The van der Waals surface area contributed by atoms with Gasteiger partial charge in [-0.05, 0) is 35.2 Å². The summed E-state index contributed by atoms with van der Waals surface area (Å²) in [4.78, 5) is 24.7. The van der Waals surface area contributed by atoms with E-state index in [2.05, 4.69) is 31.1 Å². The van der Waals surface area contributed by atoms with Crippen LogP contribution in [0.2, 0.25) is 0 Å². The molecule has 0 radical (unpaired) electrons. The first-order valence-electron chi connectivity index (χ1n) is 12.7. The van der Waals surface area contributed by atoms with Crippen molar-refractivity contribution in [3.63, 3.8) is 0 Å². The van der Waals surface area contributed by atoms with Gasteiger partial charge in [0.2, 0.25) is 0 Å². The van der Waals surface area contributed by atoms with Gasteiger partial charge in [0, 0.05) is 36.2 Å². The maximum Gasteiger partial charge on any atom is 0.442 e. The number of aryl methyl sites for hydroxylation is 1. The second-order valence-electron chi connectivity index (χ2n) is 9.85. The maximum absolute atomic E-state index is 13.1. The molecule has 2 amide bonds. The van der Waals surface area contributed by atoms with E-state index >= 15 is 0 Å². The summed E-state index contributed by atoms with van der Waals surface area (Å²) in [6.45, 7) is 0.0720. The SMILES string of the molecule is O=C(CCc1ccc(C2(C(F)(F)F)N=N2)cc1)Cc1ccc(NC(=O)NCc2ccc(C3(C(F)(F)F)N=N3)cc2)cc1. The molecule has 0 aromatic heterocycles. The number of ketones is 1. The fraction of sp³-hybridized carbons (Fsp3) is 0.286. The van der Waals surface area contributed by atoms with Crippen LogP contribution in [-0.4, -0.2) is 24.2 Å². The number of nitrogens with one attached hydrogen (secondary N) is 2. The second kappa shape index (κ2) is 10.7. The van der Waals surface area contributed by atoms with Gasteiger partial charge in [-0.3, -0.25) is 4.79 Å². The van der Waals surface area contributed by atoms with Gasteiger partial charge >= 0.3 is 29.7 Å². The third-order valence-electron chi connectivity index (χ3n) is 6.86. The predicted molar refractivity (Wildman–Crippen MR) is 137 cm³/mol.